The SMILES string of the molecule is Cc1cc(C)nc(NC(=O)c2c[nH]c3ccccc23)c1. The highest BCUT2D eigenvalue weighted by Crippen LogP contribution is 2.19. The van der Waals surface area contributed by atoms with E-state index in [4.69, 9.17) is 0 Å². The molecule has 4 nitrogen and oxygen atoms in total. The largest absolute Gasteiger partial charge is 0.360 e. The van der Waals surface area contributed by atoms with Crippen LogP contribution >= 0.6 is 0 Å². The monoisotopic (exact) mass is 265 g/mol. The van der Waals surface area contributed by atoms with Crippen LogP contribution < -0.4 is 5.32 Å². The average molecular weight is 265 g/mol. The molecule has 0 radical (unpaired) electrons. The van der Waals surface area contributed by atoms with Crippen LogP contribution in [0.25, 0.3) is 10.9 Å². The number of hydrogen-bond donors (Lipinski definition) is 2. The lowest BCUT2D eigenvalue weighted by Crippen LogP contribution is -2.13. The van der Waals surface area contributed by atoms with Crippen LogP contribution in [0.4, 0.5) is 5.82 Å². The lowest BCUT2D eigenvalue weighted by molar-refractivity contribution is 0.102. The van der Waals surface area contributed by atoms with E-state index in [2.05, 4.69) is 15.3 Å². The summed E-state index contributed by atoms with van der Waals surface area (Å²) in [6.45, 7) is 3.89. The van der Waals surface area contributed by atoms with Crippen LogP contribution in [0.15, 0.2) is 42.6 Å². The quantitative estimate of drug-likeness (QED) is 0.745. The molecular weight excluding hydrogens is 250 g/mol. The van der Waals surface area contributed by atoms with Gasteiger partial charge in [0.25, 0.3) is 5.91 Å². The summed E-state index contributed by atoms with van der Waals surface area (Å²) in [5.41, 5.74) is 3.54. The van der Waals surface area contributed by atoms with Gasteiger partial charge in [-0.1, -0.05) is 18.2 Å². The fourth-order valence-electron chi connectivity index (χ4n) is 2.35. The molecule has 2 aromatic heterocycles. The molecule has 0 unspecified atom stereocenters. The second kappa shape index (κ2) is 4.81. The van der Waals surface area contributed by atoms with E-state index in [0.29, 0.717) is 11.4 Å². The molecule has 2 heterocycles. The third-order valence-electron chi connectivity index (χ3n) is 3.17. The van der Waals surface area contributed by atoms with Gasteiger partial charge in [-0.2, -0.15) is 0 Å². The van der Waals surface area contributed by atoms with E-state index in [-0.39, 0.29) is 5.91 Å². The molecular formula is C16H15N3O. The second-order valence-corrected chi connectivity index (χ2v) is 4.87. The van der Waals surface area contributed by atoms with Gasteiger partial charge in [-0.3, -0.25) is 4.79 Å². The molecule has 1 amide bonds. The summed E-state index contributed by atoms with van der Waals surface area (Å²) < 4.78 is 0. The Hall–Kier alpha value is -2.62. The topological polar surface area (TPSA) is 57.8 Å². The lowest BCUT2D eigenvalue weighted by atomic mass is 10.1. The first kappa shape index (κ1) is 12.4. The van der Waals surface area contributed by atoms with Crippen molar-refractivity contribution in [3.8, 4) is 0 Å². The molecule has 20 heavy (non-hydrogen) atoms. The number of aromatic nitrogens is 2. The van der Waals surface area contributed by atoms with Crippen LogP contribution in [-0.4, -0.2) is 15.9 Å². The van der Waals surface area contributed by atoms with Crippen LogP contribution in [-0.2, 0) is 0 Å². The van der Waals surface area contributed by atoms with Gasteiger partial charge in [0.2, 0.25) is 0 Å². The van der Waals surface area contributed by atoms with E-state index in [0.717, 1.165) is 22.2 Å². The predicted octanol–water partition coefficient (Wildman–Crippen LogP) is 3.43. The number of nitrogens with one attached hydrogen (secondary N) is 2. The highest BCUT2D eigenvalue weighted by atomic mass is 16.1. The fraction of sp³-hybridized carbons (Fsp3) is 0.125. The van der Waals surface area contributed by atoms with Gasteiger partial charge >= 0.3 is 0 Å². The van der Waals surface area contributed by atoms with E-state index >= 15 is 0 Å². The molecule has 0 aliphatic rings. The predicted molar refractivity (Wildman–Crippen MR) is 80.0 cm³/mol. The van der Waals surface area contributed by atoms with E-state index in [9.17, 15) is 4.79 Å². The zero-order valence-electron chi connectivity index (χ0n) is 11.4. The van der Waals surface area contributed by atoms with Crippen LogP contribution in [0.3, 0.4) is 0 Å². The Morgan fingerprint density at radius 2 is 2.00 bits per heavy atom. The first-order chi connectivity index (χ1) is 9.63. The summed E-state index contributed by atoms with van der Waals surface area (Å²) in [6.07, 6.45) is 1.72. The molecule has 0 fully saturated rings. The number of aromatic amines is 1. The van der Waals surface area contributed by atoms with Crippen molar-refractivity contribution in [1.29, 1.82) is 0 Å². The van der Waals surface area contributed by atoms with E-state index in [1.54, 1.807) is 6.20 Å². The minimum atomic E-state index is -0.153. The summed E-state index contributed by atoms with van der Waals surface area (Å²) in [6, 6.07) is 11.6. The highest BCUT2D eigenvalue weighted by Gasteiger charge is 2.12. The number of carbonyl (C=O) groups is 1. The molecule has 2 N–H and O–H groups in total. The summed E-state index contributed by atoms with van der Waals surface area (Å²) >= 11 is 0. The number of anilines is 1. The third-order valence-corrected chi connectivity index (χ3v) is 3.17. The minimum absolute atomic E-state index is 0.153. The number of rotatable bonds is 2. The van der Waals surface area contributed by atoms with Gasteiger partial charge in [-0.25, -0.2) is 4.98 Å². The van der Waals surface area contributed by atoms with Crippen molar-refractivity contribution in [1.82, 2.24) is 9.97 Å². The normalized spacial score (nSPS) is 10.7. The number of nitrogens with zero attached hydrogens (tertiary/aromatic N) is 1. The molecule has 4 heteroatoms. The van der Waals surface area contributed by atoms with Crippen molar-refractivity contribution in [2.75, 3.05) is 5.32 Å². The second-order valence-electron chi connectivity index (χ2n) is 4.87. The fourth-order valence-corrected chi connectivity index (χ4v) is 2.35. The summed E-state index contributed by atoms with van der Waals surface area (Å²) in [7, 11) is 0. The Balaban J connectivity index is 1.93. The van der Waals surface area contributed by atoms with Gasteiger partial charge in [-0.05, 0) is 37.6 Å². The van der Waals surface area contributed by atoms with E-state index < -0.39 is 0 Å². The minimum Gasteiger partial charge on any atom is -0.360 e. The molecule has 3 aromatic rings. The molecule has 1 aromatic carbocycles. The number of pyridine rings is 1. The van der Waals surface area contributed by atoms with Gasteiger partial charge in [0.1, 0.15) is 5.82 Å². The summed E-state index contributed by atoms with van der Waals surface area (Å²) in [5, 5.41) is 3.76. The molecule has 0 atom stereocenters. The van der Waals surface area contributed by atoms with Gasteiger partial charge in [0, 0.05) is 22.8 Å². The Kier molecular flexibility index (Phi) is 2.99. The van der Waals surface area contributed by atoms with Gasteiger partial charge in [-0.15, -0.1) is 0 Å². The number of para-hydroxylation sites is 1. The van der Waals surface area contributed by atoms with Gasteiger partial charge < -0.3 is 10.3 Å². The lowest BCUT2D eigenvalue weighted by Gasteiger charge is -2.06. The van der Waals surface area contributed by atoms with E-state index in [1.165, 1.54) is 0 Å². The number of amides is 1. The molecule has 0 aliphatic heterocycles. The number of aryl methyl sites for hydroxylation is 2. The molecule has 0 spiro atoms. The highest BCUT2D eigenvalue weighted by molar-refractivity contribution is 6.12. The zero-order chi connectivity index (χ0) is 14.1. The number of benzene rings is 1. The Morgan fingerprint density at radius 1 is 1.20 bits per heavy atom. The number of carbonyl (C=O) groups excluding carboxylic acids is 1. The van der Waals surface area contributed by atoms with Crippen molar-refractivity contribution in [2.45, 2.75) is 13.8 Å². The molecule has 100 valence electrons. The molecule has 3 rings (SSSR count). The number of H-pyrrole nitrogens is 1. The Bertz CT molecular complexity index is 769. The Labute approximate surface area is 116 Å². The van der Waals surface area contributed by atoms with Gasteiger partial charge in [0.05, 0.1) is 5.56 Å². The van der Waals surface area contributed by atoms with Gasteiger partial charge in [0.15, 0.2) is 0 Å². The average Bonchev–Trinajstić information content (AvgIpc) is 2.81. The molecule has 0 bridgehead atoms. The summed E-state index contributed by atoms with van der Waals surface area (Å²) in [4.78, 5) is 19.8. The zero-order valence-corrected chi connectivity index (χ0v) is 11.4. The first-order valence-electron chi connectivity index (χ1n) is 6.46. The maximum atomic E-state index is 12.3. The van der Waals surface area contributed by atoms with Crippen molar-refractivity contribution in [3.05, 3.63) is 59.4 Å². The Morgan fingerprint density at radius 3 is 2.80 bits per heavy atom. The van der Waals surface area contributed by atoms with Crippen LogP contribution in [0.1, 0.15) is 21.6 Å². The van der Waals surface area contributed by atoms with Crippen molar-refractivity contribution < 1.29 is 4.79 Å². The van der Waals surface area contributed by atoms with Crippen molar-refractivity contribution >= 4 is 22.6 Å². The smallest absolute Gasteiger partial charge is 0.258 e. The van der Waals surface area contributed by atoms with Crippen LogP contribution in [0, 0.1) is 13.8 Å². The van der Waals surface area contributed by atoms with Crippen LogP contribution in [0.5, 0.6) is 0 Å². The standard InChI is InChI=1S/C16H15N3O/c1-10-7-11(2)18-15(8-10)19-16(20)13-9-17-14-6-4-3-5-12(13)14/h3-9,17H,1-2H3,(H,18,19,20). The van der Waals surface area contributed by atoms with Crippen molar-refractivity contribution in [3.63, 3.8) is 0 Å². The number of fused-ring (bicyclic) bond motifs is 1. The van der Waals surface area contributed by atoms with Crippen LogP contribution in [0.2, 0.25) is 0 Å². The molecule has 0 saturated heterocycles. The number of hydrogen-bond acceptors (Lipinski definition) is 2. The maximum Gasteiger partial charge on any atom is 0.258 e. The maximum absolute atomic E-state index is 12.3. The molecule has 0 saturated carbocycles. The summed E-state index contributed by atoms with van der Waals surface area (Å²) in [5.74, 6) is 0.428. The van der Waals surface area contributed by atoms with Crippen molar-refractivity contribution in [2.24, 2.45) is 0 Å². The molecule has 0 aliphatic carbocycles. The van der Waals surface area contributed by atoms with E-state index in [1.807, 2.05) is 50.2 Å². The third kappa shape index (κ3) is 2.28. The first-order valence-corrected chi connectivity index (χ1v) is 6.46.